The van der Waals surface area contributed by atoms with E-state index in [2.05, 4.69) is 15.9 Å². The minimum absolute atomic E-state index is 0.0553. The molecule has 0 bridgehead atoms. The van der Waals surface area contributed by atoms with Crippen LogP contribution in [-0.4, -0.2) is 57.0 Å². The van der Waals surface area contributed by atoms with E-state index < -0.39 is 9.84 Å². The molecule has 2 rings (SSSR count). The van der Waals surface area contributed by atoms with E-state index in [0.717, 1.165) is 4.47 Å². The molecule has 22 heavy (non-hydrogen) atoms. The Balaban J connectivity index is 2.18. The molecule has 7 heteroatoms. The van der Waals surface area contributed by atoms with Crippen molar-refractivity contribution < 1.29 is 17.9 Å². The number of ether oxygens (including phenoxy) is 1. The highest BCUT2D eigenvalue weighted by atomic mass is 79.9. The molecule has 1 heterocycles. The van der Waals surface area contributed by atoms with Gasteiger partial charge in [0, 0.05) is 36.3 Å². The van der Waals surface area contributed by atoms with Crippen molar-refractivity contribution in [2.45, 2.75) is 18.9 Å². The van der Waals surface area contributed by atoms with Crippen LogP contribution in [0.25, 0.3) is 0 Å². The van der Waals surface area contributed by atoms with Crippen molar-refractivity contribution in [1.82, 2.24) is 4.90 Å². The highest BCUT2D eigenvalue weighted by Gasteiger charge is 2.34. The molecule has 1 aromatic carbocycles. The molecular weight excluding hydrogens is 370 g/mol. The fourth-order valence-electron chi connectivity index (χ4n) is 2.64. The van der Waals surface area contributed by atoms with Crippen molar-refractivity contribution in [2.75, 3.05) is 31.8 Å². The number of carbonyl (C=O) groups excluding carboxylic acids is 1. The zero-order valence-electron chi connectivity index (χ0n) is 12.5. The Morgan fingerprint density at radius 1 is 1.45 bits per heavy atom. The lowest BCUT2D eigenvalue weighted by Gasteiger charge is -2.28. The van der Waals surface area contributed by atoms with E-state index in [-0.39, 0.29) is 23.5 Å². The second kappa shape index (κ2) is 7.57. The second-order valence-electron chi connectivity index (χ2n) is 5.41. The summed E-state index contributed by atoms with van der Waals surface area (Å²) >= 11 is 3.36. The van der Waals surface area contributed by atoms with E-state index in [1.165, 1.54) is 0 Å². The summed E-state index contributed by atoms with van der Waals surface area (Å²) < 4.78 is 29.3. The normalized spacial score (nSPS) is 20.0. The van der Waals surface area contributed by atoms with E-state index in [9.17, 15) is 13.2 Å². The van der Waals surface area contributed by atoms with E-state index in [4.69, 9.17) is 4.74 Å². The third-order valence-electron chi connectivity index (χ3n) is 3.73. The molecule has 1 saturated heterocycles. The smallest absolute Gasteiger partial charge is 0.254 e. The first-order valence-electron chi connectivity index (χ1n) is 7.19. The summed E-state index contributed by atoms with van der Waals surface area (Å²) in [6, 6.07) is 6.92. The molecule has 5 nitrogen and oxygen atoms in total. The summed E-state index contributed by atoms with van der Waals surface area (Å²) in [7, 11) is -1.42. The van der Waals surface area contributed by atoms with Crippen molar-refractivity contribution in [3.05, 3.63) is 34.3 Å². The van der Waals surface area contributed by atoms with E-state index in [1.807, 2.05) is 6.07 Å². The van der Waals surface area contributed by atoms with Gasteiger partial charge in [0.2, 0.25) is 0 Å². The first kappa shape index (κ1) is 17.4. The summed E-state index contributed by atoms with van der Waals surface area (Å²) in [6.45, 7) is 1.04. The average molecular weight is 390 g/mol. The zero-order chi connectivity index (χ0) is 16.2. The lowest BCUT2D eigenvalue weighted by atomic mass is 10.1. The van der Waals surface area contributed by atoms with Crippen LogP contribution in [0.2, 0.25) is 0 Å². The van der Waals surface area contributed by atoms with Crippen LogP contribution in [0.5, 0.6) is 0 Å². The minimum Gasteiger partial charge on any atom is -0.385 e. The van der Waals surface area contributed by atoms with Crippen LogP contribution in [0.3, 0.4) is 0 Å². The molecule has 1 atom stereocenters. The van der Waals surface area contributed by atoms with Crippen LogP contribution < -0.4 is 0 Å². The van der Waals surface area contributed by atoms with Gasteiger partial charge in [0.1, 0.15) is 0 Å². The van der Waals surface area contributed by atoms with E-state index >= 15 is 0 Å². The van der Waals surface area contributed by atoms with Gasteiger partial charge < -0.3 is 9.64 Å². The van der Waals surface area contributed by atoms with Gasteiger partial charge in [-0.2, -0.15) is 0 Å². The van der Waals surface area contributed by atoms with E-state index in [0.29, 0.717) is 31.6 Å². The zero-order valence-corrected chi connectivity index (χ0v) is 14.9. The van der Waals surface area contributed by atoms with Crippen molar-refractivity contribution >= 4 is 31.7 Å². The Morgan fingerprint density at radius 2 is 2.23 bits per heavy atom. The van der Waals surface area contributed by atoms with Crippen molar-refractivity contribution in [2.24, 2.45) is 0 Å². The first-order chi connectivity index (χ1) is 10.4. The van der Waals surface area contributed by atoms with Crippen molar-refractivity contribution in [3.63, 3.8) is 0 Å². The third-order valence-corrected chi connectivity index (χ3v) is 5.97. The quantitative estimate of drug-likeness (QED) is 0.698. The third kappa shape index (κ3) is 4.54. The Hall–Kier alpha value is -0.920. The predicted octanol–water partition coefficient (Wildman–Crippen LogP) is 2.11. The number of nitrogens with zero attached hydrogens (tertiary/aromatic N) is 1. The summed E-state index contributed by atoms with van der Waals surface area (Å²) in [5.41, 5.74) is 0.566. The SMILES string of the molecule is COCCCN(C(=O)c1cccc(Br)c1)C1CCS(=O)(=O)C1. The number of rotatable bonds is 6. The van der Waals surface area contributed by atoms with Crippen LogP contribution in [0.15, 0.2) is 28.7 Å². The Bertz CT molecular complexity index is 632. The molecule has 1 aliphatic heterocycles. The van der Waals surface area contributed by atoms with Gasteiger partial charge >= 0.3 is 0 Å². The van der Waals surface area contributed by atoms with Gasteiger partial charge in [-0.3, -0.25) is 4.79 Å². The molecule has 0 N–H and O–H groups in total. The molecule has 1 fully saturated rings. The van der Waals surface area contributed by atoms with Gasteiger partial charge in [0.25, 0.3) is 5.91 Å². The van der Waals surface area contributed by atoms with Gasteiger partial charge in [-0.15, -0.1) is 0 Å². The number of sulfone groups is 1. The van der Waals surface area contributed by atoms with Crippen LogP contribution in [0.4, 0.5) is 0 Å². The maximum Gasteiger partial charge on any atom is 0.254 e. The summed E-state index contributed by atoms with van der Waals surface area (Å²) in [5, 5.41) is 0. The maximum absolute atomic E-state index is 12.8. The number of hydrogen-bond donors (Lipinski definition) is 0. The summed E-state index contributed by atoms with van der Waals surface area (Å²) in [5.74, 6) is 0.0868. The molecule has 0 aromatic heterocycles. The van der Waals surface area contributed by atoms with Crippen LogP contribution in [0, 0.1) is 0 Å². The van der Waals surface area contributed by atoms with Crippen molar-refractivity contribution in [1.29, 1.82) is 0 Å². The summed E-state index contributed by atoms with van der Waals surface area (Å²) in [6.07, 6.45) is 1.20. The first-order valence-corrected chi connectivity index (χ1v) is 9.80. The second-order valence-corrected chi connectivity index (χ2v) is 8.56. The fraction of sp³-hybridized carbons (Fsp3) is 0.533. The standard InChI is InChI=1S/C15H20BrNO4S/c1-21-8-3-7-17(14-6-9-22(19,20)11-14)15(18)12-4-2-5-13(16)10-12/h2,4-5,10,14H,3,6-9,11H2,1H3. The Labute approximate surface area is 139 Å². The predicted molar refractivity (Wildman–Crippen MR) is 88.7 cm³/mol. The largest absolute Gasteiger partial charge is 0.385 e. The molecule has 1 aromatic rings. The lowest BCUT2D eigenvalue weighted by Crippen LogP contribution is -2.42. The van der Waals surface area contributed by atoms with Crippen LogP contribution in [-0.2, 0) is 14.6 Å². The highest BCUT2D eigenvalue weighted by Crippen LogP contribution is 2.21. The molecule has 1 amide bonds. The van der Waals surface area contributed by atoms with Gasteiger partial charge in [0.15, 0.2) is 9.84 Å². The Morgan fingerprint density at radius 3 is 2.82 bits per heavy atom. The maximum atomic E-state index is 12.8. The number of amides is 1. The number of methoxy groups -OCH3 is 1. The lowest BCUT2D eigenvalue weighted by molar-refractivity contribution is 0.0674. The number of halogens is 1. The van der Waals surface area contributed by atoms with Crippen molar-refractivity contribution in [3.8, 4) is 0 Å². The molecule has 1 aliphatic rings. The molecule has 0 spiro atoms. The monoisotopic (exact) mass is 389 g/mol. The van der Waals surface area contributed by atoms with Gasteiger partial charge in [-0.05, 0) is 31.0 Å². The molecule has 0 radical (unpaired) electrons. The van der Waals surface area contributed by atoms with Crippen LogP contribution >= 0.6 is 15.9 Å². The molecule has 0 aliphatic carbocycles. The molecule has 0 saturated carbocycles. The van der Waals surface area contributed by atoms with Crippen LogP contribution in [0.1, 0.15) is 23.2 Å². The molecular formula is C15H20BrNO4S. The topological polar surface area (TPSA) is 63.7 Å². The Kier molecular flexibility index (Phi) is 6.00. The highest BCUT2D eigenvalue weighted by molar-refractivity contribution is 9.10. The number of carbonyl (C=O) groups is 1. The van der Waals surface area contributed by atoms with Gasteiger partial charge in [-0.25, -0.2) is 8.42 Å². The van der Waals surface area contributed by atoms with Gasteiger partial charge in [0.05, 0.1) is 11.5 Å². The van der Waals surface area contributed by atoms with E-state index in [1.54, 1.807) is 30.2 Å². The number of benzene rings is 1. The molecule has 122 valence electrons. The van der Waals surface area contributed by atoms with Gasteiger partial charge in [-0.1, -0.05) is 22.0 Å². The summed E-state index contributed by atoms with van der Waals surface area (Å²) in [4.78, 5) is 14.4. The average Bonchev–Trinajstić information content (AvgIpc) is 2.83. The molecule has 1 unspecified atom stereocenters. The minimum atomic E-state index is -3.03. The number of hydrogen-bond acceptors (Lipinski definition) is 4. The fourth-order valence-corrected chi connectivity index (χ4v) is 4.77.